The summed E-state index contributed by atoms with van der Waals surface area (Å²) in [6, 6.07) is 7.55. The van der Waals surface area contributed by atoms with E-state index in [1.807, 2.05) is 24.3 Å². The predicted octanol–water partition coefficient (Wildman–Crippen LogP) is 2.82. The molecule has 0 spiro atoms. The second-order valence-electron chi connectivity index (χ2n) is 4.97. The molecule has 0 aliphatic heterocycles. The molecular weight excluding hydrogens is 374 g/mol. The third kappa shape index (κ3) is 6.84. The van der Waals surface area contributed by atoms with Crippen molar-refractivity contribution in [2.75, 3.05) is 24.8 Å². The van der Waals surface area contributed by atoms with Gasteiger partial charge in [-0.15, -0.1) is 11.8 Å². The number of halogens is 1. The highest BCUT2D eigenvalue weighted by atomic mass is 79.9. The lowest BCUT2D eigenvalue weighted by Crippen LogP contribution is -2.39. The molecule has 7 heteroatoms. The van der Waals surface area contributed by atoms with Crippen LogP contribution >= 0.6 is 27.7 Å². The highest BCUT2D eigenvalue weighted by Crippen LogP contribution is 2.27. The van der Waals surface area contributed by atoms with E-state index < -0.39 is 9.84 Å². The first-order valence-corrected chi connectivity index (χ1v) is 10.4. The van der Waals surface area contributed by atoms with E-state index in [1.165, 1.54) is 11.2 Å². The minimum Gasteiger partial charge on any atom is -0.342 e. The van der Waals surface area contributed by atoms with Crippen LogP contribution < -0.4 is 0 Å². The summed E-state index contributed by atoms with van der Waals surface area (Å²) in [5, 5.41) is 0. The molecule has 0 N–H and O–H groups in total. The number of benzene rings is 1. The van der Waals surface area contributed by atoms with Crippen LogP contribution in [-0.2, 0) is 14.6 Å². The molecule has 0 aromatic heterocycles. The van der Waals surface area contributed by atoms with E-state index in [1.54, 1.807) is 25.7 Å². The van der Waals surface area contributed by atoms with E-state index in [0.29, 0.717) is 12.2 Å². The molecule has 1 aromatic rings. The van der Waals surface area contributed by atoms with Gasteiger partial charge in [-0.2, -0.15) is 0 Å². The van der Waals surface area contributed by atoms with Crippen LogP contribution in [0.4, 0.5) is 0 Å². The number of amides is 1. The number of thioether (sulfide) groups is 1. The van der Waals surface area contributed by atoms with Gasteiger partial charge in [-0.1, -0.05) is 12.1 Å². The third-order valence-electron chi connectivity index (χ3n) is 3.01. The van der Waals surface area contributed by atoms with Crippen LogP contribution in [0.2, 0.25) is 0 Å². The summed E-state index contributed by atoms with van der Waals surface area (Å²) in [7, 11) is -1.42. The van der Waals surface area contributed by atoms with Gasteiger partial charge in [0.1, 0.15) is 9.84 Å². The first-order valence-electron chi connectivity index (χ1n) is 6.51. The smallest absolute Gasteiger partial charge is 0.223 e. The van der Waals surface area contributed by atoms with Gasteiger partial charge in [0, 0.05) is 40.9 Å². The largest absolute Gasteiger partial charge is 0.342 e. The maximum atomic E-state index is 12.1. The van der Waals surface area contributed by atoms with Crippen molar-refractivity contribution in [3.8, 4) is 0 Å². The highest BCUT2D eigenvalue weighted by molar-refractivity contribution is 9.10. The van der Waals surface area contributed by atoms with Gasteiger partial charge in [0.15, 0.2) is 0 Å². The molecule has 0 heterocycles. The normalized spacial score (nSPS) is 13.0. The average Bonchev–Trinajstić information content (AvgIpc) is 2.38. The van der Waals surface area contributed by atoms with Crippen LogP contribution in [0.5, 0.6) is 0 Å². The van der Waals surface area contributed by atoms with Crippen LogP contribution in [-0.4, -0.2) is 50.1 Å². The Kier molecular flexibility index (Phi) is 7.23. The van der Waals surface area contributed by atoms with Crippen molar-refractivity contribution < 1.29 is 13.2 Å². The van der Waals surface area contributed by atoms with Crippen LogP contribution in [0.3, 0.4) is 0 Å². The fraction of sp³-hybridized carbons (Fsp3) is 0.500. The number of nitrogens with zero attached hydrogens (tertiary/aromatic N) is 1. The Balaban J connectivity index is 2.45. The molecule has 1 rings (SSSR count). The highest BCUT2D eigenvalue weighted by Gasteiger charge is 2.19. The number of carbonyl (C=O) groups excluding carboxylic acids is 1. The average molecular weight is 394 g/mol. The number of carbonyl (C=O) groups is 1. The zero-order chi connectivity index (χ0) is 16.0. The van der Waals surface area contributed by atoms with Gasteiger partial charge >= 0.3 is 0 Å². The van der Waals surface area contributed by atoms with Gasteiger partial charge in [0.05, 0.1) is 5.75 Å². The van der Waals surface area contributed by atoms with Crippen LogP contribution in [0, 0.1) is 0 Å². The van der Waals surface area contributed by atoms with Crippen molar-refractivity contribution in [2.45, 2.75) is 24.3 Å². The van der Waals surface area contributed by atoms with E-state index in [-0.39, 0.29) is 17.7 Å². The molecule has 0 saturated heterocycles. The quantitative estimate of drug-likeness (QED) is 0.668. The summed E-state index contributed by atoms with van der Waals surface area (Å²) in [4.78, 5) is 14.7. The molecule has 0 bridgehead atoms. The first-order chi connectivity index (χ1) is 9.70. The molecule has 0 aliphatic rings. The Morgan fingerprint density at radius 1 is 1.38 bits per heavy atom. The summed E-state index contributed by atoms with van der Waals surface area (Å²) in [6.07, 6.45) is 1.57. The number of hydrogen-bond acceptors (Lipinski definition) is 4. The maximum absolute atomic E-state index is 12.1. The van der Waals surface area contributed by atoms with Crippen molar-refractivity contribution in [1.82, 2.24) is 4.90 Å². The molecule has 4 nitrogen and oxygen atoms in total. The Labute approximate surface area is 139 Å². The maximum Gasteiger partial charge on any atom is 0.223 e. The summed E-state index contributed by atoms with van der Waals surface area (Å²) in [6.45, 7) is 1.75. The summed E-state index contributed by atoms with van der Waals surface area (Å²) >= 11 is 5.07. The van der Waals surface area contributed by atoms with Crippen LogP contribution in [0.1, 0.15) is 13.3 Å². The number of hydrogen-bond donors (Lipinski definition) is 0. The lowest BCUT2D eigenvalue weighted by atomic mass is 10.3. The lowest BCUT2D eigenvalue weighted by Gasteiger charge is -2.24. The Bertz CT molecular complexity index is 590. The minimum atomic E-state index is -3.08. The number of rotatable bonds is 7. The number of sulfone groups is 1. The van der Waals surface area contributed by atoms with Gasteiger partial charge in [0.25, 0.3) is 0 Å². The topological polar surface area (TPSA) is 54.5 Å². The molecular formula is C14H20BrNO3S2. The van der Waals surface area contributed by atoms with Crippen molar-refractivity contribution in [1.29, 1.82) is 0 Å². The zero-order valence-corrected chi connectivity index (χ0v) is 15.6. The van der Waals surface area contributed by atoms with E-state index in [4.69, 9.17) is 0 Å². The molecule has 0 fully saturated rings. The molecule has 1 atom stereocenters. The lowest BCUT2D eigenvalue weighted by molar-refractivity contribution is -0.130. The SMILES string of the molecule is CC(CS(C)(=O)=O)N(C)C(=O)CCSc1ccccc1Br. The second kappa shape index (κ2) is 8.19. The molecule has 0 radical (unpaired) electrons. The fourth-order valence-corrected chi connectivity index (χ4v) is 4.39. The summed E-state index contributed by atoms with van der Waals surface area (Å²) in [5.74, 6) is 0.620. The Morgan fingerprint density at radius 3 is 2.57 bits per heavy atom. The Morgan fingerprint density at radius 2 is 2.00 bits per heavy atom. The van der Waals surface area contributed by atoms with Crippen molar-refractivity contribution >= 4 is 43.4 Å². The van der Waals surface area contributed by atoms with Crippen molar-refractivity contribution in [3.63, 3.8) is 0 Å². The van der Waals surface area contributed by atoms with Crippen molar-refractivity contribution in [3.05, 3.63) is 28.7 Å². The van der Waals surface area contributed by atoms with E-state index >= 15 is 0 Å². The Hall–Kier alpha value is -0.530. The summed E-state index contributed by atoms with van der Waals surface area (Å²) in [5.41, 5.74) is 0. The molecule has 21 heavy (non-hydrogen) atoms. The molecule has 0 aliphatic carbocycles. The third-order valence-corrected chi connectivity index (χ3v) is 6.13. The predicted molar refractivity (Wildman–Crippen MR) is 91.4 cm³/mol. The fourth-order valence-electron chi connectivity index (χ4n) is 1.78. The second-order valence-corrected chi connectivity index (χ2v) is 9.15. The minimum absolute atomic E-state index is 0.00733. The monoisotopic (exact) mass is 393 g/mol. The molecule has 1 aromatic carbocycles. The first kappa shape index (κ1) is 18.5. The van der Waals surface area contributed by atoms with Gasteiger partial charge in [-0.3, -0.25) is 4.79 Å². The van der Waals surface area contributed by atoms with Gasteiger partial charge in [-0.25, -0.2) is 8.42 Å². The molecule has 1 amide bonds. The molecule has 0 saturated carbocycles. The van der Waals surface area contributed by atoms with Crippen molar-refractivity contribution in [2.24, 2.45) is 0 Å². The van der Waals surface area contributed by atoms with E-state index in [0.717, 1.165) is 9.37 Å². The molecule has 118 valence electrons. The van der Waals surface area contributed by atoms with E-state index in [2.05, 4.69) is 15.9 Å². The van der Waals surface area contributed by atoms with Gasteiger partial charge in [-0.05, 0) is 35.0 Å². The van der Waals surface area contributed by atoms with Crippen LogP contribution in [0.25, 0.3) is 0 Å². The van der Waals surface area contributed by atoms with Crippen LogP contribution in [0.15, 0.2) is 33.6 Å². The standard InChI is InChI=1S/C14H20BrNO3S2/c1-11(10-21(3,18)19)16(2)14(17)8-9-20-13-7-5-4-6-12(13)15/h4-7,11H,8-10H2,1-3H3. The van der Waals surface area contributed by atoms with Gasteiger partial charge < -0.3 is 4.90 Å². The molecule has 1 unspecified atom stereocenters. The van der Waals surface area contributed by atoms with Gasteiger partial charge in [0.2, 0.25) is 5.91 Å². The van der Waals surface area contributed by atoms with E-state index in [9.17, 15) is 13.2 Å². The zero-order valence-electron chi connectivity index (χ0n) is 12.4. The summed E-state index contributed by atoms with van der Waals surface area (Å²) < 4.78 is 23.5.